The van der Waals surface area contributed by atoms with Gasteiger partial charge in [0.05, 0.1) is 39.9 Å². The molecule has 0 fully saturated rings. The number of hydrogen-bond donors (Lipinski definition) is 0. The summed E-state index contributed by atoms with van der Waals surface area (Å²) in [5, 5.41) is 0.155. The van der Waals surface area contributed by atoms with Crippen LogP contribution in [0, 0.1) is 0 Å². The summed E-state index contributed by atoms with van der Waals surface area (Å²) < 4.78 is 29.4. The Kier molecular flexibility index (Phi) is 6.39. The van der Waals surface area contributed by atoms with Crippen LogP contribution < -0.4 is 25.2 Å². The molecule has 0 saturated heterocycles. The van der Waals surface area contributed by atoms with E-state index in [1.165, 1.54) is 33.0 Å². The largest absolute Gasteiger partial charge is 0.493 e. The van der Waals surface area contributed by atoms with Gasteiger partial charge in [0.2, 0.25) is 16.9 Å². The second kappa shape index (κ2) is 9.24. The Balaban J connectivity index is 2.10. The Morgan fingerprint density at radius 3 is 2.30 bits per heavy atom. The summed E-state index contributed by atoms with van der Waals surface area (Å²) in [5.74, 6) is 1.45. The molecule has 2 aromatic carbocycles. The summed E-state index contributed by atoms with van der Waals surface area (Å²) in [6.07, 6.45) is 0. The summed E-state index contributed by atoms with van der Waals surface area (Å²) >= 11 is 3.35. The van der Waals surface area contributed by atoms with Crippen molar-refractivity contribution in [3.05, 3.63) is 55.4 Å². The third-order valence-electron chi connectivity index (χ3n) is 5.20. The quantitative estimate of drug-likeness (QED) is 0.343. The second-order valence-electron chi connectivity index (χ2n) is 7.05. The molecule has 0 saturated carbocycles. The van der Waals surface area contributed by atoms with Gasteiger partial charge in [-0.1, -0.05) is 15.9 Å². The van der Waals surface area contributed by atoms with Gasteiger partial charge in [-0.25, -0.2) is 0 Å². The number of rotatable bonds is 7. The third-order valence-corrected chi connectivity index (χ3v) is 5.69. The van der Waals surface area contributed by atoms with Crippen molar-refractivity contribution in [2.24, 2.45) is 0 Å². The molecule has 0 bridgehead atoms. The van der Waals surface area contributed by atoms with Crippen LogP contribution in [0.25, 0.3) is 33.5 Å². The number of halogens is 1. The lowest BCUT2D eigenvalue weighted by molar-refractivity contribution is 0.186. The van der Waals surface area contributed by atoms with Gasteiger partial charge in [-0.05, 0) is 30.3 Å². The van der Waals surface area contributed by atoms with E-state index in [1.807, 2.05) is 0 Å². The van der Waals surface area contributed by atoms with Crippen molar-refractivity contribution in [2.45, 2.75) is 6.54 Å². The first kappa shape index (κ1) is 22.8. The van der Waals surface area contributed by atoms with E-state index in [4.69, 9.17) is 23.4 Å². The first-order valence-corrected chi connectivity index (χ1v) is 10.7. The number of benzene rings is 2. The molecule has 0 N–H and O–H groups in total. The fourth-order valence-corrected chi connectivity index (χ4v) is 3.99. The lowest BCUT2D eigenvalue weighted by atomic mass is 10.1. The molecular weight excluding hydrogens is 496 g/mol. The van der Waals surface area contributed by atoms with Gasteiger partial charge < -0.3 is 23.4 Å². The van der Waals surface area contributed by atoms with Crippen molar-refractivity contribution < 1.29 is 23.4 Å². The van der Waals surface area contributed by atoms with Crippen molar-refractivity contribution in [3.63, 3.8) is 0 Å². The number of nitrogens with zero attached hydrogens (tertiary/aromatic N) is 2. The summed E-state index contributed by atoms with van der Waals surface area (Å²) in [4.78, 5) is 31.3. The summed E-state index contributed by atoms with van der Waals surface area (Å²) in [6, 6.07) is 8.37. The summed E-state index contributed by atoms with van der Waals surface area (Å²) in [5.41, 5.74) is -0.201. The average molecular weight is 517 g/mol. The van der Waals surface area contributed by atoms with Crippen LogP contribution >= 0.6 is 15.9 Å². The Morgan fingerprint density at radius 2 is 1.70 bits per heavy atom. The van der Waals surface area contributed by atoms with Crippen molar-refractivity contribution >= 4 is 38.0 Å². The van der Waals surface area contributed by atoms with E-state index >= 15 is 0 Å². The zero-order valence-corrected chi connectivity index (χ0v) is 20.0. The molecule has 33 heavy (non-hydrogen) atoms. The van der Waals surface area contributed by atoms with Gasteiger partial charge >= 0.3 is 0 Å². The fourth-order valence-electron chi connectivity index (χ4n) is 3.63. The maximum atomic E-state index is 13.5. The Bertz CT molecular complexity index is 1450. The third kappa shape index (κ3) is 3.96. The van der Waals surface area contributed by atoms with Crippen LogP contribution in [0.5, 0.6) is 17.2 Å². The van der Waals surface area contributed by atoms with E-state index in [-0.39, 0.29) is 35.5 Å². The second-order valence-corrected chi connectivity index (χ2v) is 7.97. The number of aromatic nitrogens is 2. The molecule has 0 aliphatic carbocycles. The van der Waals surface area contributed by atoms with E-state index in [0.717, 1.165) is 0 Å². The SMILES string of the molecule is COCCn1c(-c2cc(OC)c(OC)c(OC)c2)nc2oc3ccc(Br)cc3c(=O)c2c1=O. The highest BCUT2D eigenvalue weighted by Gasteiger charge is 2.22. The van der Waals surface area contributed by atoms with Gasteiger partial charge in [0.15, 0.2) is 16.9 Å². The maximum Gasteiger partial charge on any atom is 0.269 e. The fraction of sp³-hybridized carbons (Fsp3) is 0.261. The number of ether oxygens (including phenoxy) is 4. The zero-order valence-electron chi connectivity index (χ0n) is 18.4. The Morgan fingerprint density at radius 1 is 1.00 bits per heavy atom. The van der Waals surface area contributed by atoms with E-state index in [0.29, 0.717) is 32.9 Å². The highest BCUT2D eigenvalue weighted by Crippen LogP contribution is 2.40. The van der Waals surface area contributed by atoms with Crippen molar-refractivity contribution in [1.29, 1.82) is 0 Å². The average Bonchev–Trinajstić information content (AvgIpc) is 2.82. The Hall–Kier alpha value is -3.37. The minimum Gasteiger partial charge on any atom is -0.493 e. The van der Waals surface area contributed by atoms with Crippen LogP contribution in [0.1, 0.15) is 0 Å². The maximum absolute atomic E-state index is 13.5. The molecule has 0 unspecified atom stereocenters. The topological polar surface area (TPSA) is 102 Å². The first-order chi connectivity index (χ1) is 15.9. The minimum atomic E-state index is -0.531. The molecule has 0 aliphatic heterocycles. The van der Waals surface area contributed by atoms with Gasteiger partial charge in [0.25, 0.3) is 5.56 Å². The summed E-state index contributed by atoms with van der Waals surface area (Å²) in [6.45, 7) is 0.398. The molecule has 9 nitrogen and oxygen atoms in total. The van der Waals surface area contributed by atoms with E-state index in [9.17, 15) is 9.59 Å². The lowest BCUT2D eigenvalue weighted by Gasteiger charge is -2.17. The number of fused-ring (bicyclic) bond motifs is 2. The van der Waals surface area contributed by atoms with Crippen LogP contribution in [0.15, 0.2) is 48.8 Å². The van der Waals surface area contributed by atoms with Crippen LogP contribution in [0.2, 0.25) is 0 Å². The molecule has 0 spiro atoms. The molecule has 0 aliphatic rings. The van der Waals surface area contributed by atoms with Crippen LogP contribution in [-0.4, -0.2) is 44.6 Å². The van der Waals surface area contributed by atoms with E-state index in [2.05, 4.69) is 20.9 Å². The lowest BCUT2D eigenvalue weighted by Crippen LogP contribution is -2.29. The number of methoxy groups -OCH3 is 4. The highest BCUT2D eigenvalue weighted by molar-refractivity contribution is 9.10. The molecule has 10 heteroatoms. The van der Waals surface area contributed by atoms with Gasteiger partial charge in [-0.3, -0.25) is 14.2 Å². The van der Waals surface area contributed by atoms with Crippen LogP contribution in [0.3, 0.4) is 0 Å². The molecule has 0 amide bonds. The molecular formula is C23H21BrN2O7. The molecule has 4 aromatic rings. The van der Waals surface area contributed by atoms with Gasteiger partial charge in [-0.2, -0.15) is 4.98 Å². The monoisotopic (exact) mass is 516 g/mol. The van der Waals surface area contributed by atoms with Crippen molar-refractivity contribution in [2.75, 3.05) is 35.0 Å². The molecule has 4 rings (SSSR count). The number of hydrogen-bond acceptors (Lipinski definition) is 8. The van der Waals surface area contributed by atoms with Crippen molar-refractivity contribution in [3.8, 4) is 28.6 Å². The van der Waals surface area contributed by atoms with E-state index < -0.39 is 11.0 Å². The smallest absolute Gasteiger partial charge is 0.269 e. The minimum absolute atomic E-state index is 0.0581. The van der Waals surface area contributed by atoms with Gasteiger partial charge in [0.1, 0.15) is 11.4 Å². The Labute approximate surface area is 196 Å². The van der Waals surface area contributed by atoms with E-state index in [1.54, 1.807) is 30.3 Å². The molecule has 172 valence electrons. The predicted molar refractivity (Wildman–Crippen MR) is 127 cm³/mol. The van der Waals surface area contributed by atoms with Crippen LogP contribution in [-0.2, 0) is 11.3 Å². The van der Waals surface area contributed by atoms with Gasteiger partial charge in [0, 0.05) is 17.1 Å². The molecule has 2 heterocycles. The van der Waals surface area contributed by atoms with Gasteiger partial charge in [-0.15, -0.1) is 0 Å². The summed E-state index contributed by atoms with van der Waals surface area (Å²) in [7, 11) is 6.02. The molecule has 2 aromatic heterocycles. The zero-order chi connectivity index (χ0) is 23.7. The highest BCUT2D eigenvalue weighted by atomic mass is 79.9. The van der Waals surface area contributed by atoms with Crippen LogP contribution in [0.4, 0.5) is 0 Å². The normalized spacial score (nSPS) is 11.2. The first-order valence-electron chi connectivity index (χ1n) is 9.89. The van der Waals surface area contributed by atoms with Crippen molar-refractivity contribution in [1.82, 2.24) is 9.55 Å². The molecule has 0 atom stereocenters. The predicted octanol–water partition coefficient (Wildman–Crippen LogP) is 3.60. The molecule has 0 radical (unpaired) electrons. The standard InChI is InChI=1S/C23H21BrN2O7/c1-29-8-7-26-21(12-9-16(30-2)20(32-4)17(10-12)31-3)25-22-18(23(26)28)19(27)14-11-13(24)5-6-15(14)33-22/h5-6,9-11H,7-8H2,1-4H3.